The van der Waals surface area contributed by atoms with Crippen LogP contribution in [0.25, 0.3) is 0 Å². The Morgan fingerprint density at radius 2 is 2.06 bits per heavy atom. The van der Waals surface area contributed by atoms with E-state index in [4.69, 9.17) is 16.7 Å². The summed E-state index contributed by atoms with van der Waals surface area (Å²) in [5.41, 5.74) is -0.387. The molecule has 0 spiro atoms. The predicted octanol–water partition coefficient (Wildman–Crippen LogP) is 2.32. The molecule has 1 aromatic carbocycles. The number of hydrogen-bond donors (Lipinski definition) is 2. The summed E-state index contributed by atoms with van der Waals surface area (Å²) in [6, 6.07) is 6.49. The lowest BCUT2D eigenvalue weighted by atomic mass is 10.00. The molecule has 4 nitrogen and oxygen atoms in total. The second-order valence-corrected chi connectivity index (χ2v) is 4.86. The fraction of sp³-hybridized carbons (Fsp3) is 0.333. The van der Waals surface area contributed by atoms with E-state index in [1.807, 2.05) is 0 Å². The summed E-state index contributed by atoms with van der Waals surface area (Å²) in [5, 5.41) is 11.8. The molecule has 0 atom stereocenters. The summed E-state index contributed by atoms with van der Waals surface area (Å²) in [5.74, 6) is -1.29. The SMILES string of the molecule is CC(C)(CC(=O)O)NC(=O)c1cccc(Cl)c1. The van der Waals surface area contributed by atoms with Crippen molar-refractivity contribution in [2.24, 2.45) is 0 Å². The number of aliphatic carboxylic acids is 1. The van der Waals surface area contributed by atoms with E-state index < -0.39 is 11.5 Å². The molecule has 1 aromatic rings. The molecule has 0 heterocycles. The fourth-order valence-corrected chi connectivity index (χ4v) is 1.62. The average Bonchev–Trinajstić information content (AvgIpc) is 2.14. The lowest BCUT2D eigenvalue weighted by Crippen LogP contribution is -2.44. The lowest BCUT2D eigenvalue weighted by molar-refractivity contribution is -0.138. The fourth-order valence-electron chi connectivity index (χ4n) is 1.43. The summed E-state index contributed by atoms with van der Waals surface area (Å²) in [6.07, 6.45) is -0.140. The van der Waals surface area contributed by atoms with Crippen molar-refractivity contribution >= 4 is 23.5 Å². The van der Waals surface area contributed by atoms with E-state index >= 15 is 0 Å². The third kappa shape index (κ3) is 4.44. The van der Waals surface area contributed by atoms with Gasteiger partial charge in [0.15, 0.2) is 0 Å². The van der Waals surface area contributed by atoms with Gasteiger partial charge in [0.05, 0.1) is 6.42 Å². The van der Waals surface area contributed by atoms with Crippen molar-refractivity contribution in [2.75, 3.05) is 0 Å². The van der Waals surface area contributed by atoms with Crippen LogP contribution in [0.3, 0.4) is 0 Å². The maximum atomic E-state index is 11.8. The second-order valence-electron chi connectivity index (χ2n) is 4.42. The molecule has 2 N–H and O–H groups in total. The van der Waals surface area contributed by atoms with Gasteiger partial charge in [-0.3, -0.25) is 9.59 Å². The Labute approximate surface area is 105 Å². The van der Waals surface area contributed by atoms with Crippen molar-refractivity contribution in [1.82, 2.24) is 5.32 Å². The Morgan fingerprint density at radius 1 is 1.41 bits per heavy atom. The number of hydrogen-bond acceptors (Lipinski definition) is 2. The van der Waals surface area contributed by atoms with E-state index in [2.05, 4.69) is 5.32 Å². The van der Waals surface area contributed by atoms with Crippen molar-refractivity contribution in [2.45, 2.75) is 25.8 Å². The second kappa shape index (κ2) is 5.19. The van der Waals surface area contributed by atoms with Crippen molar-refractivity contribution in [3.63, 3.8) is 0 Å². The van der Waals surface area contributed by atoms with Gasteiger partial charge in [-0.05, 0) is 32.0 Å². The van der Waals surface area contributed by atoms with Crippen LogP contribution in [0.1, 0.15) is 30.6 Å². The van der Waals surface area contributed by atoms with Crippen LogP contribution in [0.5, 0.6) is 0 Å². The Bertz CT molecular complexity index is 443. The van der Waals surface area contributed by atoms with Crippen LogP contribution < -0.4 is 5.32 Å². The highest BCUT2D eigenvalue weighted by Gasteiger charge is 2.24. The van der Waals surface area contributed by atoms with Crippen LogP contribution in [0.4, 0.5) is 0 Å². The highest BCUT2D eigenvalue weighted by atomic mass is 35.5. The summed E-state index contributed by atoms with van der Waals surface area (Å²) in [6.45, 7) is 3.31. The molecule has 1 amide bonds. The van der Waals surface area contributed by atoms with Gasteiger partial charge in [-0.2, -0.15) is 0 Å². The largest absolute Gasteiger partial charge is 0.481 e. The molecule has 0 bridgehead atoms. The van der Waals surface area contributed by atoms with Crippen LogP contribution in [-0.4, -0.2) is 22.5 Å². The van der Waals surface area contributed by atoms with E-state index in [9.17, 15) is 9.59 Å². The van der Waals surface area contributed by atoms with Crippen molar-refractivity contribution in [3.8, 4) is 0 Å². The number of rotatable bonds is 4. The molecule has 0 saturated carbocycles. The first kappa shape index (κ1) is 13.5. The molecule has 92 valence electrons. The number of carbonyl (C=O) groups excluding carboxylic acids is 1. The molecule has 0 aliphatic heterocycles. The molecule has 1 rings (SSSR count). The van der Waals surface area contributed by atoms with Gasteiger partial charge in [-0.1, -0.05) is 17.7 Å². The zero-order chi connectivity index (χ0) is 13.1. The first-order valence-corrected chi connectivity index (χ1v) is 5.48. The van der Waals surface area contributed by atoms with Gasteiger partial charge in [0.2, 0.25) is 0 Å². The number of halogens is 1. The Hall–Kier alpha value is -1.55. The smallest absolute Gasteiger partial charge is 0.305 e. The zero-order valence-corrected chi connectivity index (χ0v) is 10.4. The third-order valence-corrected chi connectivity index (χ3v) is 2.37. The van der Waals surface area contributed by atoms with Gasteiger partial charge in [-0.15, -0.1) is 0 Å². The molecule has 0 aliphatic rings. The number of carbonyl (C=O) groups is 2. The number of nitrogens with one attached hydrogen (secondary N) is 1. The standard InChI is InChI=1S/C12H14ClNO3/c1-12(2,7-10(15)16)14-11(17)8-4-3-5-9(13)6-8/h3-6H,7H2,1-2H3,(H,14,17)(H,15,16). The van der Waals surface area contributed by atoms with Gasteiger partial charge >= 0.3 is 5.97 Å². The van der Waals surface area contributed by atoms with Crippen LogP contribution in [0, 0.1) is 0 Å². The average molecular weight is 256 g/mol. The van der Waals surface area contributed by atoms with Crippen LogP contribution in [0.15, 0.2) is 24.3 Å². The quantitative estimate of drug-likeness (QED) is 0.868. The minimum atomic E-state index is -0.957. The van der Waals surface area contributed by atoms with Crippen molar-refractivity contribution < 1.29 is 14.7 Å². The third-order valence-electron chi connectivity index (χ3n) is 2.13. The molecule has 0 fully saturated rings. The molecule has 0 unspecified atom stereocenters. The molecular formula is C12H14ClNO3. The zero-order valence-electron chi connectivity index (χ0n) is 9.66. The summed E-state index contributed by atoms with van der Waals surface area (Å²) >= 11 is 5.77. The number of carboxylic acid groups (broad SMARTS) is 1. The van der Waals surface area contributed by atoms with Crippen LogP contribution in [-0.2, 0) is 4.79 Å². The van der Waals surface area contributed by atoms with Gasteiger partial charge in [0.25, 0.3) is 5.91 Å². The maximum Gasteiger partial charge on any atom is 0.305 e. The van der Waals surface area contributed by atoms with E-state index in [1.165, 1.54) is 6.07 Å². The Kier molecular flexibility index (Phi) is 4.12. The molecule has 0 aliphatic carbocycles. The molecule has 0 aromatic heterocycles. The van der Waals surface area contributed by atoms with E-state index in [0.29, 0.717) is 10.6 Å². The number of carboxylic acids is 1. The Morgan fingerprint density at radius 3 is 2.59 bits per heavy atom. The molecule has 5 heteroatoms. The number of benzene rings is 1. The van der Waals surface area contributed by atoms with Gasteiger partial charge in [0, 0.05) is 16.1 Å². The van der Waals surface area contributed by atoms with Gasteiger partial charge in [0.1, 0.15) is 0 Å². The van der Waals surface area contributed by atoms with Crippen molar-refractivity contribution in [1.29, 1.82) is 0 Å². The van der Waals surface area contributed by atoms with E-state index in [1.54, 1.807) is 32.0 Å². The van der Waals surface area contributed by atoms with E-state index in [-0.39, 0.29) is 12.3 Å². The molecule has 17 heavy (non-hydrogen) atoms. The normalized spacial score (nSPS) is 11.0. The summed E-state index contributed by atoms with van der Waals surface area (Å²) in [7, 11) is 0. The summed E-state index contributed by atoms with van der Waals surface area (Å²) < 4.78 is 0. The predicted molar refractivity (Wildman–Crippen MR) is 65.3 cm³/mol. The molecule has 0 saturated heterocycles. The minimum absolute atomic E-state index is 0.140. The first-order chi connectivity index (χ1) is 7.80. The van der Waals surface area contributed by atoms with Crippen LogP contribution in [0.2, 0.25) is 5.02 Å². The van der Waals surface area contributed by atoms with Gasteiger partial charge in [-0.25, -0.2) is 0 Å². The maximum absolute atomic E-state index is 11.8. The molecule has 0 radical (unpaired) electrons. The monoisotopic (exact) mass is 255 g/mol. The summed E-state index contributed by atoms with van der Waals surface area (Å²) in [4.78, 5) is 22.4. The van der Waals surface area contributed by atoms with Gasteiger partial charge < -0.3 is 10.4 Å². The highest BCUT2D eigenvalue weighted by Crippen LogP contribution is 2.13. The number of amides is 1. The van der Waals surface area contributed by atoms with Crippen LogP contribution >= 0.6 is 11.6 Å². The Balaban J connectivity index is 2.75. The van der Waals surface area contributed by atoms with E-state index in [0.717, 1.165) is 0 Å². The highest BCUT2D eigenvalue weighted by molar-refractivity contribution is 6.30. The lowest BCUT2D eigenvalue weighted by Gasteiger charge is -2.24. The minimum Gasteiger partial charge on any atom is -0.481 e. The first-order valence-electron chi connectivity index (χ1n) is 5.10. The topological polar surface area (TPSA) is 66.4 Å². The molecular weight excluding hydrogens is 242 g/mol. The van der Waals surface area contributed by atoms with Crippen molar-refractivity contribution in [3.05, 3.63) is 34.9 Å².